The van der Waals surface area contributed by atoms with Crippen LogP contribution in [0, 0.1) is 0 Å². The minimum atomic E-state index is -0.849. The molecular formula is C60H90O6. The van der Waals surface area contributed by atoms with Gasteiger partial charge in [-0.15, -0.1) is 0 Å². The zero-order valence-electron chi connectivity index (χ0n) is 41.6. The Labute approximate surface area is 403 Å². The molecule has 366 valence electrons. The summed E-state index contributed by atoms with van der Waals surface area (Å²) in [5.41, 5.74) is 0. The molecule has 0 N–H and O–H groups in total. The Morgan fingerprint density at radius 1 is 0.333 bits per heavy atom. The first-order chi connectivity index (χ1) is 32.5. The molecule has 0 fully saturated rings. The van der Waals surface area contributed by atoms with Crippen LogP contribution in [0.2, 0.25) is 0 Å². The van der Waals surface area contributed by atoms with E-state index in [0.717, 1.165) is 103 Å². The van der Waals surface area contributed by atoms with Crippen LogP contribution in [0.15, 0.2) is 158 Å². The third-order valence-corrected chi connectivity index (χ3v) is 9.86. The first kappa shape index (κ1) is 61.0. The number of ether oxygens (including phenoxy) is 3. The van der Waals surface area contributed by atoms with Crippen molar-refractivity contribution in [2.75, 3.05) is 13.2 Å². The van der Waals surface area contributed by atoms with Crippen molar-refractivity contribution in [1.82, 2.24) is 0 Å². The molecule has 0 aliphatic heterocycles. The van der Waals surface area contributed by atoms with Crippen LogP contribution in [0.4, 0.5) is 0 Å². The maximum Gasteiger partial charge on any atom is 0.306 e. The third kappa shape index (κ3) is 50.0. The second kappa shape index (κ2) is 52.7. The van der Waals surface area contributed by atoms with Gasteiger partial charge in [-0.3, -0.25) is 14.4 Å². The SMILES string of the molecule is CC/C=C\C/C=C\C/C=C\C/C=C\C/C=C\C/C=C\CCC(=O)OCC(COC(=O)CCC/C=C\C/C=C\C/C=C\CC)OC(=O)CCCCCCC\C=C/C=C\C=C/C=C\CCCCC. The van der Waals surface area contributed by atoms with Crippen LogP contribution < -0.4 is 0 Å². The van der Waals surface area contributed by atoms with Crippen molar-refractivity contribution in [1.29, 1.82) is 0 Å². The molecule has 0 heterocycles. The quantitative estimate of drug-likeness (QED) is 0.0199. The molecule has 0 saturated carbocycles. The average Bonchev–Trinajstić information content (AvgIpc) is 3.31. The molecule has 0 saturated heterocycles. The standard InChI is InChI=1S/C60H90O6/c1-4-7-10-13-16-19-22-24-26-28-30-32-33-35-38-41-44-47-50-53-59(62)65-56-57(55-64-58(61)52-49-46-43-40-37-21-18-15-12-9-6-3)66-60(63)54-51-48-45-42-39-36-34-31-29-27-25-23-20-17-14-11-8-5-2/h7,9-10,12,16-21,23-27,29-32,34-35,38,40,43-44,47,57H,4-6,8,11,13-15,22,28,33,36-37,39,41-42,45-46,48-56H2,1-3H3/b10-7-,12-9-,19-16-,20-17-,21-18-,25-23-,26-24-,29-27-,32-30-,34-31-,38-35-,43-40-,47-44-. The largest absolute Gasteiger partial charge is 0.462 e. The van der Waals surface area contributed by atoms with Crippen LogP contribution in [0.5, 0.6) is 0 Å². The van der Waals surface area contributed by atoms with Gasteiger partial charge in [0.15, 0.2) is 6.10 Å². The normalized spacial score (nSPS) is 13.4. The number of carbonyl (C=O) groups excluding carboxylic acids is 3. The van der Waals surface area contributed by atoms with Gasteiger partial charge in [-0.2, -0.15) is 0 Å². The average molecular weight is 907 g/mol. The van der Waals surface area contributed by atoms with Crippen LogP contribution in [-0.4, -0.2) is 37.2 Å². The van der Waals surface area contributed by atoms with E-state index in [-0.39, 0.29) is 50.4 Å². The summed E-state index contributed by atoms with van der Waals surface area (Å²) in [6, 6.07) is 0. The highest BCUT2D eigenvalue weighted by Crippen LogP contribution is 2.11. The Hall–Kier alpha value is -4.97. The van der Waals surface area contributed by atoms with Crippen LogP contribution >= 0.6 is 0 Å². The minimum absolute atomic E-state index is 0.146. The fourth-order valence-electron chi connectivity index (χ4n) is 6.09. The number of hydrogen-bond acceptors (Lipinski definition) is 6. The van der Waals surface area contributed by atoms with Gasteiger partial charge in [0.05, 0.1) is 0 Å². The summed E-state index contributed by atoms with van der Waals surface area (Å²) in [6.07, 6.45) is 76.7. The molecule has 0 aliphatic carbocycles. The van der Waals surface area contributed by atoms with E-state index in [9.17, 15) is 14.4 Å². The van der Waals surface area contributed by atoms with E-state index in [1.165, 1.54) is 19.3 Å². The molecule has 0 bridgehead atoms. The van der Waals surface area contributed by atoms with Gasteiger partial charge in [0.1, 0.15) is 13.2 Å². The second-order valence-electron chi connectivity index (χ2n) is 16.0. The molecule has 0 aromatic rings. The predicted molar refractivity (Wildman–Crippen MR) is 283 cm³/mol. The highest BCUT2D eigenvalue weighted by atomic mass is 16.6. The number of allylic oxidation sites excluding steroid dienone is 26. The molecule has 6 heteroatoms. The van der Waals surface area contributed by atoms with E-state index in [4.69, 9.17) is 14.2 Å². The van der Waals surface area contributed by atoms with Gasteiger partial charge in [-0.05, 0) is 109 Å². The van der Waals surface area contributed by atoms with E-state index >= 15 is 0 Å². The molecule has 0 rings (SSSR count). The Morgan fingerprint density at radius 2 is 0.697 bits per heavy atom. The number of esters is 3. The van der Waals surface area contributed by atoms with Crippen molar-refractivity contribution < 1.29 is 28.6 Å². The van der Waals surface area contributed by atoms with Gasteiger partial charge in [-0.1, -0.05) is 211 Å². The summed E-state index contributed by atoms with van der Waals surface area (Å²) in [5, 5.41) is 0. The van der Waals surface area contributed by atoms with E-state index in [1.54, 1.807) is 0 Å². The third-order valence-electron chi connectivity index (χ3n) is 9.86. The molecule has 0 aromatic heterocycles. The van der Waals surface area contributed by atoms with Crippen molar-refractivity contribution in [3.05, 3.63) is 158 Å². The maximum absolute atomic E-state index is 12.8. The van der Waals surface area contributed by atoms with Crippen LogP contribution in [-0.2, 0) is 28.6 Å². The van der Waals surface area contributed by atoms with Gasteiger partial charge in [0.25, 0.3) is 0 Å². The summed E-state index contributed by atoms with van der Waals surface area (Å²) >= 11 is 0. The lowest BCUT2D eigenvalue weighted by Crippen LogP contribution is -2.30. The summed E-state index contributed by atoms with van der Waals surface area (Å²) in [4.78, 5) is 37.9. The molecule has 1 unspecified atom stereocenters. The number of hydrogen-bond donors (Lipinski definition) is 0. The molecule has 0 radical (unpaired) electrons. The first-order valence-corrected chi connectivity index (χ1v) is 25.5. The topological polar surface area (TPSA) is 78.9 Å². The summed E-state index contributed by atoms with van der Waals surface area (Å²) < 4.78 is 16.6. The molecular weight excluding hydrogens is 817 g/mol. The Bertz CT molecular complexity index is 1560. The molecule has 0 aliphatic rings. The number of carbonyl (C=O) groups is 3. The monoisotopic (exact) mass is 907 g/mol. The zero-order chi connectivity index (χ0) is 47.9. The molecule has 1 atom stereocenters. The fraction of sp³-hybridized carbons (Fsp3) is 0.517. The lowest BCUT2D eigenvalue weighted by atomic mass is 10.1. The second-order valence-corrected chi connectivity index (χ2v) is 16.0. The van der Waals surface area contributed by atoms with Crippen molar-refractivity contribution >= 4 is 17.9 Å². The summed E-state index contributed by atoms with van der Waals surface area (Å²) in [7, 11) is 0. The number of unbranched alkanes of at least 4 members (excludes halogenated alkanes) is 9. The van der Waals surface area contributed by atoms with Crippen LogP contribution in [0.25, 0.3) is 0 Å². The molecule has 0 aromatic carbocycles. The minimum Gasteiger partial charge on any atom is -0.462 e. The Morgan fingerprint density at radius 3 is 1.18 bits per heavy atom. The molecule has 0 amide bonds. The lowest BCUT2D eigenvalue weighted by molar-refractivity contribution is -0.166. The van der Waals surface area contributed by atoms with E-state index in [2.05, 4.69) is 161 Å². The van der Waals surface area contributed by atoms with Crippen LogP contribution in [0.1, 0.15) is 181 Å². The Balaban J connectivity index is 4.62. The van der Waals surface area contributed by atoms with Crippen molar-refractivity contribution in [3.8, 4) is 0 Å². The first-order valence-electron chi connectivity index (χ1n) is 25.5. The van der Waals surface area contributed by atoms with Gasteiger partial charge < -0.3 is 14.2 Å². The number of rotatable bonds is 43. The fourth-order valence-corrected chi connectivity index (χ4v) is 6.09. The van der Waals surface area contributed by atoms with Crippen LogP contribution in [0.3, 0.4) is 0 Å². The van der Waals surface area contributed by atoms with Crippen molar-refractivity contribution in [3.63, 3.8) is 0 Å². The highest BCUT2D eigenvalue weighted by molar-refractivity contribution is 5.71. The van der Waals surface area contributed by atoms with E-state index in [0.29, 0.717) is 19.3 Å². The maximum atomic E-state index is 12.8. The Kier molecular flexibility index (Phi) is 48.7. The van der Waals surface area contributed by atoms with Gasteiger partial charge in [-0.25, -0.2) is 0 Å². The van der Waals surface area contributed by atoms with E-state index < -0.39 is 6.10 Å². The van der Waals surface area contributed by atoms with Crippen molar-refractivity contribution in [2.45, 2.75) is 187 Å². The molecule has 6 nitrogen and oxygen atoms in total. The van der Waals surface area contributed by atoms with Crippen molar-refractivity contribution in [2.24, 2.45) is 0 Å². The van der Waals surface area contributed by atoms with Gasteiger partial charge >= 0.3 is 17.9 Å². The summed E-state index contributed by atoms with van der Waals surface area (Å²) in [6.45, 7) is 6.20. The predicted octanol–water partition coefficient (Wildman–Crippen LogP) is 17.0. The van der Waals surface area contributed by atoms with Gasteiger partial charge in [0, 0.05) is 19.3 Å². The highest BCUT2D eigenvalue weighted by Gasteiger charge is 2.19. The smallest absolute Gasteiger partial charge is 0.306 e. The van der Waals surface area contributed by atoms with Gasteiger partial charge in [0.2, 0.25) is 0 Å². The molecule has 66 heavy (non-hydrogen) atoms. The summed E-state index contributed by atoms with van der Waals surface area (Å²) in [5.74, 6) is -1.12. The molecule has 0 spiro atoms. The zero-order valence-corrected chi connectivity index (χ0v) is 41.6. The van der Waals surface area contributed by atoms with E-state index in [1.807, 2.05) is 18.2 Å². The lowest BCUT2D eigenvalue weighted by Gasteiger charge is -2.18.